The first-order valence-electron chi connectivity index (χ1n) is 4.65. The summed E-state index contributed by atoms with van der Waals surface area (Å²) in [4.78, 5) is 4.37. The van der Waals surface area contributed by atoms with Crippen LogP contribution in [0.1, 0.15) is 16.5 Å². The van der Waals surface area contributed by atoms with Crippen molar-refractivity contribution in [1.29, 1.82) is 0 Å². The Morgan fingerprint density at radius 1 is 1.53 bits per heavy atom. The Morgan fingerprint density at radius 3 is 3.07 bits per heavy atom. The zero-order valence-electron chi connectivity index (χ0n) is 8.42. The zero-order valence-corrected chi connectivity index (χ0v) is 9.24. The van der Waals surface area contributed by atoms with Gasteiger partial charge in [0.2, 0.25) is 0 Å². The van der Waals surface area contributed by atoms with Crippen LogP contribution < -0.4 is 5.73 Å². The molecule has 0 atom stereocenters. The number of nitrogens with zero attached hydrogens (tertiary/aromatic N) is 5. The summed E-state index contributed by atoms with van der Waals surface area (Å²) in [5, 5.41) is 14.5. The van der Waals surface area contributed by atoms with E-state index in [9.17, 15) is 0 Å². The van der Waals surface area contributed by atoms with Gasteiger partial charge in [0.15, 0.2) is 5.82 Å². The van der Waals surface area contributed by atoms with Gasteiger partial charge in [0, 0.05) is 17.6 Å². The number of nitrogens with two attached hydrogens (primary N) is 1. The Bertz CT molecular complexity index is 434. The molecule has 0 aromatic carbocycles. The summed E-state index contributed by atoms with van der Waals surface area (Å²) in [7, 11) is 0. The number of thiazole rings is 1. The van der Waals surface area contributed by atoms with Crippen molar-refractivity contribution in [3.8, 4) is 0 Å². The Hall–Kier alpha value is -1.34. The van der Waals surface area contributed by atoms with Crippen molar-refractivity contribution in [2.45, 2.75) is 19.9 Å². The van der Waals surface area contributed by atoms with Crippen molar-refractivity contribution in [3.05, 3.63) is 21.9 Å². The van der Waals surface area contributed by atoms with Gasteiger partial charge in [-0.3, -0.25) is 0 Å². The summed E-state index contributed by atoms with van der Waals surface area (Å²) in [5.74, 6) is 0.815. The van der Waals surface area contributed by atoms with Crippen molar-refractivity contribution in [2.75, 3.05) is 6.54 Å². The Morgan fingerprint density at radius 2 is 2.40 bits per heavy atom. The summed E-state index contributed by atoms with van der Waals surface area (Å²) in [6.07, 6.45) is 0.672. The molecular weight excluding hydrogens is 212 g/mol. The second kappa shape index (κ2) is 4.45. The Labute approximate surface area is 91.1 Å². The fourth-order valence-corrected chi connectivity index (χ4v) is 2.03. The number of hydrogen-bond acceptors (Lipinski definition) is 6. The van der Waals surface area contributed by atoms with Crippen LogP contribution in [0.3, 0.4) is 0 Å². The number of aryl methyl sites for hydroxylation is 1. The topological polar surface area (TPSA) is 82.5 Å². The fraction of sp³-hybridized carbons (Fsp3) is 0.500. The molecule has 2 N–H and O–H groups in total. The predicted octanol–water partition coefficient (Wildman–Crippen LogP) is -0.0125. The summed E-state index contributed by atoms with van der Waals surface area (Å²) in [5.41, 5.74) is 6.49. The highest BCUT2D eigenvalue weighted by Crippen LogP contribution is 2.12. The number of hydrogen-bond donors (Lipinski definition) is 1. The highest BCUT2D eigenvalue weighted by molar-refractivity contribution is 7.09. The second-order valence-electron chi connectivity index (χ2n) is 3.17. The molecule has 0 fully saturated rings. The van der Waals surface area contributed by atoms with Crippen LogP contribution in [0, 0.1) is 6.92 Å². The van der Waals surface area contributed by atoms with Crippen LogP contribution in [0.4, 0.5) is 0 Å². The average molecular weight is 224 g/mol. The van der Waals surface area contributed by atoms with Crippen molar-refractivity contribution < 1.29 is 0 Å². The molecule has 0 aliphatic heterocycles. The lowest BCUT2D eigenvalue weighted by molar-refractivity contribution is 0.577. The second-order valence-corrected chi connectivity index (χ2v) is 4.11. The third kappa shape index (κ3) is 2.37. The number of aromatic nitrogens is 5. The van der Waals surface area contributed by atoms with Crippen molar-refractivity contribution in [1.82, 2.24) is 25.2 Å². The van der Waals surface area contributed by atoms with Gasteiger partial charge in [-0.1, -0.05) is 0 Å². The van der Waals surface area contributed by atoms with E-state index >= 15 is 0 Å². The minimum Gasteiger partial charge on any atom is -0.329 e. The van der Waals surface area contributed by atoms with Crippen LogP contribution in [-0.4, -0.2) is 31.7 Å². The van der Waals surface area contributed by atoms with Gasteiger partial charge in [-0.25, -0.2) is 9.67 Å². The lowest BCUT2D eigenvalue weighted by Crippen LogP contribution is -2.14. The fourth-order valence-electron chi connectivity index (χ4n) is 1.26. The molecule has 7 heteroatoms. The van der Waals surface area contributed by atoms with Crippen LogP contribution in [0.25, 0.3) is 0 Å². The largest absolute Gasteiger partial charge is 0.329 e. The van der Waals surface area contributed by atoms with Gasteiger partial charge in [0.25, 0.3) is 0 Å². The summed E-state index contributed by atoms with van der Waals surface area (Å²) < 4.78 is 1.72. The van der Waals surface area contributed by atoms with Gasteiger partial charge in [-0.05, 0) is 17.4 Å². The molecule has 0 bridgehead atoms. The van der Waals surface area contributed by atoms with Gasteiger partial charge >= 0.3 is 0 Å². The van der Waals surface area contributed by atoms with E-state index in [0.29, 0.717) is 19.5 Å². The molecule has 80 valence electrons. The van der Waals surface area contributed by atoms with E-state index in [0.717, 1.165) is 16.5 Å². The first kappa shape index (κ1) is 10.2. The molecule has 0 saturated heterocycles. The van der Waals surface area contributed by atoms with Crippen LogP contribution in [-0.2, 0) is 13.0 Å². The van der Waals surface area contributed by atoms with Gasteiger partial charge in [0.05, 0.1) is 13.0 Å². The predicted molar refractivity (Wildman–Crippen MR) is 56.5 cm³/mol. The third-order valence-corrected chi connectivity index (χ3v) is 2.89. The molecule has 0 aliphatic carbocycles. The quantitative estimate of drug-likeness (QED) is 0.789. The molecule has 0 amide bonds. The number of rotatable bonds is 4. The maximum Gasteiger partial charge on any atom is 0.158 e. The van der Waals surface area contributed by atoms with E-state index in [1.165, 1.54) is 0 Å². The van der Waals surface area contributed by atoms with E-state index < -0.39 is 0 Å². The van der Waals surface area contributed by atoms with Crippen LogP contribution in [0.2, 0.25) is 0 Å². The Balaban J connectivity index is 2.13. The van der Waals surface area contributed by atoms with Crippen molar-refractivity contribution in [2.24, 2.45) is 5.73 Å². The third-order valence-electron chi connectivity index (χ3n) is 1.92. The highest BCUT2D eigenvalue weighted by Gasteiger charge is 2.08. The van der Waals surface area contributed by atoms with E-state index in [1.54, 1.807) is 16.0 Å². The molecule has 0 unspecified atom stereocenters. The lowest BCUT2D eigenvalue weighted by Gasteiger charge is -1.99. The molecule has 0 spiro atoms. The molecule has 15 heavy (non-hydrogen) atoms. The highest BCUT2D eigenvalue weighted by atomic mass is 32.1. The summed E-state index contributed by atoms with van der Waals surface area (Å²) in [6, 6.07) is 0. The molecule has 2 heterocycles. The Kier molecular flexibility index (Phi) is 3.02. The number of tetrazole rings is 1. The van der Waals surface area contributed by atoms with Crippen LogP contribution in [0.15, 0.2) is 5.38 Å². The van der Waals surface area contributed by atoms with Gasteiger partial charge < -0.3 is 5.73 Å². The zero-order chi connectivity index (χ0) is 10.7. The smallest absolute Gasteiger partial charge is 0.158 e. The average Bonchev–Trinajstić information content (AvgIpc) is 2.78. The van der Waals surface area contributed by atoms with Gasteiger partial charge in [-0.15, -0.1) is 16.4 Å². The van der Waals surface area contributed by atoms with Gasteiger partial charge in [-0.2, -0.15) is 0 Å². The summed E-state index contributed by atoms with van der Waals surface area (Å²) in [6.45, 7) is 3.16. The minimum absolute atomic E-state index is 0.537. The lowest BCUT2D eigenvalue weighted by atomic mass is 10.4. The molecule has 6 nitrogen and oxygen atoms in total. The molecule has 0 saturated carbocycles. The summed E-state index contributed by atoms with van der Waals surface area (Å²) >= 11 is 1.62. The van der Waals surface area contributed by atoms with E-state index in [2.05, 4.69) is 20.5 Å². The standard InChI is InChI=1S/C8H12N6S/c1-6-5-15-8(10-6)4-7-11-12-13-14(7)3-2-9/h5H,2-4,9H2,1H3. The maximum atomic E-state index is 5.46. The normalized spacial score (nSPS) is 10.8. The molecule has 2 rings (SSSR count). The van der Waals surface area contributed by atoms with E-state index in [-0.39, 0.29) is 0 Å². The van der Waals surface area contributed by atoms with Crippen molar-refractivity contribution in [3.63, 3.8) is 0 Å². The van der Waals surface area contributed by atoms with Gasteiger partial charge in [0.1, 0.15) is 5.01 Å². The molecule has 0 radical (unpaired) electrons. The molecule has 2 aromatic heterocycles. The van der Waals surface area contributed by atoms with Crippen LogP contribution >= 0.6 is 11.3 Å². The first-order chi connectivity index (χ1) is 7.29. The molecule has 0 aliphatic rings. The van der Waals surface area contributed by atoms with E-state index in [1.807, 2.05) is 12.3 Å². The van der Waals surface area contributed by atoms with E-state index in [4.69, 9.17) is 5.73 Å². The monoisotopic (exact) mass is 224 g/mol. The first-order valence-corrected chi connectivity index (χ1v) is 5.53. The molecule has 2 aromatic rings. The maximum absolute atomic E-state index is 5.46. The minimum atomic E-state index is 0.537. The van der Waals surface area contributed by atoms with Crippen molar-refractivity contribution >= 4 is 11.3 Å². The SMILES string of the molecule is Cc1csc(Cc2nnnn2CCN)n1. The van der Waals surface area contributed by atoms with Crippen LogP contribution in [0.5, 0.6) is 0 Å². The molecular formula is C8H12N6S.